The number of halogens is 2. The quantitative estimate of drug-likeness (QED) is 0.580. The predicted octanol–water partition coefficient (Wildman–Crippen LogP) is 5.71. The van der Waals surface area contributed by atoms with Crippen molar-refractivity contribution < 1.29 is 0 Å². The molecule has 0 bridgehead atoms. The summed E-state index contributed by atoms with van der Waals surface area (Å²) >= 11 is 8.78. The normalized spacial score (nSPS) is 11.0. The van der Waals surface area contributed by atoms with Gasteiger partial charge in [-0.05, 0) is 45.9 Å². The van der Waals surface area contributed by atoms with Crippen LogP contribution in [0.2, 0.25) is 0 Å². The number of aromatic nitrogens is 2. The molecule has 3 rings (SSSR count). The van der Waals surface area contributed by atoms with Crippen molar-refractivity contribution >= 4 is 59.9 Å². The Morgan fingerprint density at radius 2 is 2.10 bits per heavy atom. The van der Waals surface area contributed by atoms with Crippen LogP contribution in [0.3, 0.4) is 0 Å². The third kappa shape index (κ3) is 3.12. The zero-order chi connectivity index (χ0) is 14.8. The van der Waals surface area contributed by atoms with E-state index in [1.165, 1.54) is 0 Å². The van der Waals surface area contributed by atoms with E-state index >= 15 is 0 Å². The number of nitrogens with zero attached hydrogens (tertiary/aromatic N) is 2. The molecule has 108 valence electrons. The lowest BCUT2D eigenvalue weighted by molar-refractivity contribution is 0.970. The van der Waals surface area contributed by atoms with Crippen LogP contribution >= 0.6 is 43.2 Å². The Morgan fingerprint density at radius 1 is 1.24 bits per heavy atom. The van der Waals surface area contributed by atoms with E-state index < -0.39 is 0 Å². The van der Waals surface area contributed by atoms with Crippen LogP contribution in [0.4, 0.5) is 5.82 Å². The molecule has 3 aromatic rings. The van der Waals surface area contributed by atoms with E-state index in [4.69, 9.17) is 9.97 Å². The van der Waals surface area contributed by atoms with Crippen LogP contribution in [0.15, 0.2) is 37.9 Å². The molecule has 3 nitrogen and oxygen atoms in total. The fourth-order valence-electron chi connectivity index (χ4n) is 2.06. The Hall–Kier alpha value is -0.980. The minimum Gasteiger partial charge on any atom is -0.369 e. The van der Waals surface area contributed by atoms with E-state index in [9.17, 15) is 0 Å². The van der Waals surface area contributed by atoms with Crippen molar-refractivity contribution in [3.63, 3.8) is 0 Å². The highest BCUT2D eigenvalue weighted by Gasteiger charge is 2.12. The number of thiophene rings is 1. The Labute approximate surface area is 144 Å². The van der Waals surface area contributed by atoms with Crippen molar-refractivity contribution in [2.45, 2.75) is 13.3 Å². The lowest BCUT2D eigenvalue weighted by Crippen LogP contribution is -2.05. The van der Waals surface area contributed by atoms with Crippen LogP contribution in [0.1, 0.15) is 13.3 Å². The number of fused-ring (bicyclic) bond motifs is 1. The van der Waals surface area contributed by atoms with Gasteiger partial charge in [0.1, 0.15) is 5.82 Å². The molecule has 0 saturated heterocycles. The first kappa shape index (κ1) is 14.9. The summed E-state index contributed by atoms with van der Waals surface area (Å²) in [5.74, 6) is 1.63. The van der Waals surface area contributed by atoms with Crippen molar-refractivity contribution in [2.24, 2.45) is 0 Å². The lowest BCUT2D eigenvalue weighted by atomic mass is 10.2. The van der Waals surface area contributed by atoms with E-state index in [1.54, 1.807) is 11.3 Å². The molecule has 1 aromatic carbocycles. The smallest absolute Gasteiger partial charge is 0.163 e. The number of rotatable bonds is 4. The van der Waals surface area contributed by atoms with Crippen molar-refractivity contribution in [3.05, 3.63) is 37.9 Å². The van der Waals surface area contributed by atoms with Gasteiger partial charge in [-0.2, -0.15) is 11.3 Å². The molecule has 2 heterocycles. The Bertz CT molecular complexity index is 772. The fourth-order valence-corrected chi connectivity index (χ4v) is 4.00. The summed E-state index contributed by atoms with van der Waals surface area (Å²) in [5, 5.41) is 8.53. The highest BCUT2D eigenvalue weighted by atomic mass is 79.9. The zero-order valence-corrected chi connectivity index (χ0v) is 15.3. The van der Waals surface area contributed by atoms with E-state index in [0.29, 0.717) is 0 Å². The van der Waals surface area contributed by atoms with E-state index in [1.807, 2.05) is 17.5 Å². The van der Waals surface area contributed by atoms with Crippen molar-refractivity contribution in [1.29, 1.82) is 0 Å². The van der Waals surface area contributed by atoms with Crippen LogP contribution in [-0.4, -0.2) is 16.5 Å². The second-order valence-electron chi connectivity index (χ2n) is 4.62. The molecule has 0 unspecified atom stereocenters. The topological polar surface area (TPSA) is 37.8 Å². The number of benzene rings is 1. The van der Waals surface area contributed by atoms with Gasteiger partial charge in [0.2, 0.25) is 0 Å². The Kier molecular flexibility index (Phi) is 4.57. The van der Waals surface area contributed by atoms with Crippen LogP contribution < -0.4 is 5.32 Å². The van der Waals surface area contributed by atoms with Crippen molar-refractivity contribution in [1.82, 2.24) is 9.97 Å². The predicted molar refractivity (Wildman–Crippen MR) is 97.0 cm³/mol. The van der Waals surface area contributed by atoms with Crippen LogP contribution in [0, 0.1) is 0 Å². The molecule has 0 fully saturated rings. The molecule has 2 aromatic heterocycles. The second kappa shape index (κ2) is 6.42. The number of hydrogen-bond donors (Lipinski definition) is 1. The maximum Gasteiger partial charge on any atom is 0.163 e. The standard InChI is InChI=1S/C15H13Br2N3S/c1-2-4-18-15-11-6-10(16)7-12(17)13(11)19-14(20-15)9-3-5-21-8-9/h3,5-8H,2,4H2,1H3,(H,18,19,20). The molecule has 1 N–H and O–H groups in total. The molecule has 6 heteroatoms. The summed E-state index contributed by atoms with van der Waals surface area (Å²) in [6.45, 7) is 3.03. The van der Waals surface area contributed by atoms with Gasteiger partial charge in [-0.3, -0.25) is 0 Å². The molecule has 0 aliphatic rings. The third-order valence-electron chi connectivity index (χ3n) is 3.04. The molecule has 0 atom stereocenters. The zero-order valence-electron chi connectivity index (χ0n) is 11.4. The van der Waals surface area contributed by atoms with E-state index in [0.717, 1.165) is 50.0 Å². The van der Waals surface area contributed by atoms with Gasteiger partial charge >= 0.3 is 0 Å². The minimum atomic E-state index is 0.755. The van der Waals surface area contributed by atoms with Gasteiger partial charge in [0.15, 0.2) is 5.82 Å². The van der Waals surface area contributed by atoms with Crippen molar-refractivity contribution in [2.75, 3.05) is 11.9 Å². The average Bonchev–Trinajstić information content (AvgIpc) is 2.99. The number of anilines is 1. The van der Waals surface area contributed by atoms with Crippen LogP contribution in [-0.2, 0) is 0 Å². The maximum atomic E-state index is 4.71. The monoisotopic (exact) mass is 425 g/mol. The second-order valence-corrected chi connectivity index (χ2v) is 7.17. The largest absolute Gasteiger partial charge is 0.369 e. The molecule has 0 amide bonds. The number of hydrogen-bond acceptors (Lipinski definition) is 4. The summed E-state index contributed by atoms with van der Waals surface area (Å²) in [7, 11) is 0. The molecule has 0 aliphatic carbocycles. The maximum absolute atomic E-state index is 4.71. The average molecular weight is 427 g/mol. The summed E-state index contributed by atoms with van der Waals surface area (Å²) in [6.07, 6.45) is 1.05. The minimum absolute atomic E-state index is 0.755. The summed E-state index contributed by atoms with van der Waals surface area (Å²) < 4.78 is 1.97. The fraction of sp³-hybridized carbons (Fsp3) is 0.200. The Balaban J connectivity index is 2.24. The SMILES string of the molecule is CCCNc1nc(-c2ccsc2)nc2c(Br)cc(Br)cc12. The van der Waals surface area contributed by atoms with Crippen LogP contribution in [0.5, 0.6) is 0 Å². The highest BCUT2D eigenvalue weighted by Crippen LogP contribution is 2.33. The summed E-state index contributed by atoms with van der Waals surface area (Å²) in [4.78, 5) is 9.42. The van der Waals surface area contributed by atoms with Crippen molar-refractivity contribution in [3.8, 4) is 11.4 Å². The molecule has 0 saturated carbocycles. The first-order valence-corrected chi connectivity index (χ1v) is 9.15. The summed E-state index contributed by atoms with van der Waals surface area (Å²) in [5.41, 5.74) is 1.98. The lowest BCUT2D eigenvalue weighted by Gasteiger charge is -2.11. The van der Waals surface area contributed by atoms with E-state index in [2.05, 4.69) is 55.5 Å². The molecular weight excluding hydrogens is 414 g/mol. The molecule has 21 heavy (non-hydrogen) atoms. The Morgan fingerprint density at radius 3 is 2.81 bits per heavy atom. The number of nitrogens with one attached hydrogen (secondary N) is 1. The third-order valence-corrected chi connectivity index (χ3v) is 4.79. The summed E-state index contributed by atoms with van der Waals surface area (Å²) in [6, 6.07) is 6.11. The van der Waals surface area contributed by atoms with Crippen LogP contribution in [0.25, 0.3) is 22.3 Å². The van der Waals surface area contributed by atoms with Gasteiger partial charge in [0.25, 0.3) is 0 Å². The molecule has 0 radical (unpaired) electrons. The van der Waals surface area contributed by atoms with Gasteiger partial charge < -0.3 is 5.32 Å². The van der Waals surface area contributed by atoms with E-state index in [-0.39, 0.29) is 0 Å². The highest BCUT2D eigenvalue weighted by molar-refractivity contribution is 9.11. The first-order chi connectivity index (χ1) is 10.2. The molecule has 0 spiro atoms. The molecular formula is C15H13Br2N3S. The van der Waals surface area contributed by atoms with Gasteiger partial charge in [-0.25, -0.2) is 9.97 Å². The van der Waals surface area contributed by atoms with Gasteiger partial charge in [0.05, 0.1) is 5.52 Å². The first-order valence-electron chi connectivity index (χ1n) is 6.62. The van der Waals surface area contributed by atoms with Gasteiger partial charge in [-0.15, -0.1) is 0 Å². The molecule has 0 aliphatic heterocycles. The van der Waals surface area contributed by atoms with Gasteiger partial charge in [0, 0.05) is 31.8 Å². The van der Waals surface area contributed by atoms with Gasteiger partial charge in [-0.1, -0.05) is 22.9 Å².